The molecule has 2 heterocycles. The highest BCUT2D eigenvalue weighted by Gasteiger charge is 2.26. The molecule has 1 amide bonds. The molecule has 2 unspecified atom stereocenters. The number of likely N-dealkylation sites (tertiary alicyclic amines) is 1. The number of likely N-dealkylation sites (N-methyl/N-ethyl adjacent to an activating group) is 1. The quantitative estimate of drug-likeness (QED) is 0.772. The molecular weight excluding hydrogens is 204 g/mol. The van der Waals surface area contributed by atoms with E-state index in [-0.39, 0.29) is 12.0 Å². The van der Waals surface area contributed by atoms with Gasteiger partial charge < -0.3 is 15.0 Å². The molecule has 0 bridgehead atoms. The maximum atomic E-state index is 12.0. The molecule has 2 rings (SSSR count). The van der Waals surface area contributed by atoms with Gasteiger partial charge in [-0.2, -0.15) is 0 Å². The number of piperidine rings is 1. The Kier molecular flexibility index (Phi) is 4.18. The molecule has 2 fully saturated rings. The van der Waals surface area contributed by atoms with Crippen molar-refractivity contribution in [2.75, 3.05) is 26.7 Å². The van der Waals surface area contributed by atoms with Crippen LogP contribution in [0, 0.1) is 0 Å². The van der Waals surface area contributed by atoms with Gasteiger partial charge in [-0.25, -0.2) is 0 Å². The molecule has 0 aromatic carbocycles. The summed E-state index contributed by atoms with van der Waals surface area (Å²) >= 11 is 0. The van der Waals surface area contributed by atoms with Crippen LogP contribution in [0.4, 0.5) is 0 Å². The van der Waals surface area contributed by atoms with Crippen molar-refractivity contribution in [1.82, 2.24) is 10.2 Å². The fourth-order valence-electron chi connectivity index (χ4n) is 2.57. The lowest BCUT2D eigenvalue weighted by Gasteiger charge is -2.33. The van der Waals surface area contributed by atoms with Gasteiger partial charge in [-0.1, -0.05) is 0 Å². The standard InChI is InChI=1S/C12H22N2O2/c1-13-10-4-2-6-14(9-10)12(15)8-11-5-3-7-16-11/h10-11,13H,2-9H2,1H3. The first-order valence-electron chi connectivity index (χ1n) is 6.36. The second-order valence-corrected chi connectivity index (χ2v) is 4.81. The first kappa shape index (κ1) is 11.9. The van der Waals surface area contributed by atoms with Crippen LogP contribution in [0.2, 0.25) is 0 Å². The van der Waals surface area contributed by atoms with E-state index in [1.165, 1.54) is 6.42 Å². The second kappa shape index (κ2) is 5.64. The molecule has 0 spiro atoms. The van der Waals surface area contributed by atoms with Crippen LogP contribution in [0.5, 0.6) is 0 Å². The number of carbonyl (C=O) groups excluding carboxylic acids is 1. The average Bonchev–Trinajstić information content (AvgIpc) is 2.82. The number of carbonyl (C=O) groups is 1. The summed E-state index contributed by atoms with van der Waals surface area (Å²) in [6, 6.07) is 0.474. The lowest BCUT2D eigenvalue weighted by atomic mass is 10.0. The van der Waals surface area contributed by atoms with Crippen LogP contribution in [-0.4, -0.2) is 49.7 Å². The van der Waals surface area contributed by atoms with Crippen molar-refractivity contribution in [3.63, 3.8) is 0 Å². The van der Waals surface area contributed by atoms with Crippen LogP contribution in [0.3, 0.4) is 0 Å². The predicted octanol–water partition coefficient (Wildman–Crippen LogP) is 0.766. The molecule has 4 nitrogen and oxygen atoms in total. The molecule has 2 aliphatic rings. The number of amides is 1. The molecule has 1 N–H and O–H groups in total. The lowest BCUT2D eigenvalue weighted by molar-refractivity contribution is -0.134. The number of nitrogens with one attached hydrogen (secondary N) is 1. The average molecular weight is 226 g/mol. The zero-order chi connectivity index (χ0) is 11.4. The van der Waals surface area contributed by atoms with Gasteiger partial charge in [0, 0.05) is 25.7 Å². The van der Waals surface area contributed by atoms with Gasteiger partial charge in [-0.05, 0) is 32.7 Å². The zero-order valence-corrected chi connectivity index (χ0v) is 10.1. The zero-order valence-electron chi connectivity index (χ0n) is 10.1. The summed E-state index contributed by atoms with van der Waals surface area (Å²) < 4.78 is 5.50. The van der Waals surface area contributed by atoms with Gasteiger partial charge >= 0.3 is 0 Å². The SMILES string of the molecule is CNC1CCCN(C(=O)CC2CCCO2)C1. The van der Waals surface area contributed by atoms with Crippen LogP contribution < -0.4 is 5.32 Å². The van der Waals surface area contributed by atoms with Crippen molar-refractivity contribution < 1.29 is 9.53 Å². The van der Waals surface area contributed by atoms with Crippen LogP contribution in [0.15, 0.2) is 0 Å². The van der Waals surface area contributed by atoms with Crippen molar-refractivity contribution >= 4 is 5.91 Å². The molecule has 4 heteroatoms. The second-order valence-electron chi connectivity index (χ2n) is 4.81. The Labute approximate surface area is 97.3 Å². The van der Waals surface area contributed by atoms with Crippen LogP contribution in [0.25, 0.3) is 0 Å². The highest BCUT2D eigenvalue weighted by molar-refractivity contribution is 5.76. The summed E-state index contributed by atoms with van der Waals surface area (Å²) in [5.74, 6) is 0.270. The van der Waals surface area contributed by atoms with Crippen molar-refractivity contribution in [2.45, 2.75) is 44.2 Å². The van der Waals surface area contributed by atoms with Crippen molar-refractivity contribution in [3.8, 4) is 0 Å². The number of rotatable bonds is 3. The number of ether oxygens (including phenoxy) is 1. The maximum absolute atomic E-state index is 12.0. The maximum Gasteiger partial charge on any atom is 0.225 e. The summed E-state index contributed by atoms with van der Waals surface area (Å²) in [5, 5.41) is 3.26. The Bertz CT molecular complexity index is 239. The van der Waals surface area contributed by atoms with Crippen LogP contribution in [-0.2, 0) is 9.53 Å². The van der Waals surface area contributed by atoms with E-state index in [4.69, 9.17) is 4.74 Å². The normalized spacial score (nSPS) is 30.7. The molecule has 2 atom stereocenters. The fourth-order valence-corrected chi connectivity index (χ4v) is 2.57. The number of hydrogen-bond acceptors (Lipinski definition) is 3. The summed E-state index contributed by atoms with van der Waals surface area (Å²) in [4.78, 5) is 14.0. The molecule has 0 saturated carbocycles. The Balaban J connectivity index is 1.79. The van der Waals surface area contributed by atoms with Gasteiger partial charge in [-0.3, -0.25) is 4.79 Å². The van der Waals surface area contributed by atoms with E-state index < -0.39 is 0 Å². The highest BCUT2D eigenvalue weighted by atomic mass is 16.5. The molecule has 0 aromatic heterocycles. The monoisotopic (exact) mass is 226 g/mol. The Morgan fingerprint density at radius 2 is 2.31 bits per heavy atom. The van der Waals surface area contributed by atoms with E-state index in [2.05, 4.69) is 5.32 Å². The van der Waals surface area contributed by atoms with Crippen molar-refractivity contribution in [3.05, 3.63) is 0 Å². The molecule has 0 aromatic rings. The summed E-state index contributed by atoms with van der Waals surface area (Å²) in [6.45, 7) is 2.61. The fraction of sp³-hybridized carbons (Fsp3) is 0.917. The number of hydrogen-bond donors (Lipinski definition) is 1. The molecule has 2 saturated heterocycles. The highest BCUT2D eigenvalue weighted by Crippen LogP contribution is 2.18. The molecule has 16 heavy (non-hydrogen) atoms. The van der Waals surface area contributed by atoms with E-state index in [0.717, 1.165) is 39.0 Å². The summed E-state index contributed by atoms with van der Waals surface area (Å²) in [7, 11) is 1.97. The van der Waals surface area contributed by atoms with Gasteiger partial charge in [0.05, 0.1) is 12.5 Å². The molecule has 2 aliphatic heterocycles. The van der Waals surface area contributed by atoms with Gasteiger partial charge in [0.1, 0.15) is 0 Å². The molecule has 0 aliphatic carbocycles. The lowest BCUT2D eigenvalue weighted by Crippen LogP contribution is -2.47. The van der Waals surface area contributed by atoms with Crippen LogP contribution in [0.1, 0.15) is 32.1 Å². The Hall–Kier alpha value is -0.610. The van der Waals surface area contributed by atoms with Gasteiger partial charge in [0.2, 0.25) is 5.91 Å². The minimum atomic E-state index is 0.183. The van der Waals surface area contributed by atoms with Crippen molar-refractivity contribution in [1.29, 1.82) is 0 Å². The molecular formula is C12H22N2O2. The third-order valence-corrected chi connectivity index (χ3v) is 3.61. The molecule has 92 valence electrons. The van der Waals surface area contributed by atoms with E-state index in [1.54, 1.807) is 0 Å². The Morgan fingerprint density at radius 1 is 1.44 bits per heavy atom. The summed E-state index contributed by atoms with van der Waals surface area (Å²) in [6.07, 6.45) is 5.22. The predicted molar refractivity (Wildman–Crippen MR) is 62.3 cm³/mol. The largest absolute Gasteiger partial charge is 0.378 e. The third-order valence-electron chi connectivity index (χ3n) is 3.61. The van der Waals surface area contributed by atoms with E-state index in [0.29, 0.717) is 12.5 Å². The smallest absolute Gasteiger partial charge is 0.225 e. The van der Waals surface area contributed by atoms with Gasteiger partial charge in [0.25, 0.3) is 0 Å². The van der Waals surface area contributed by atoms with Crippen molar-refractivity contribution in [2.24, 2.45) is 0 Å². The third kappa shape index (κ3) is 2.95. The van der Waals surface area contributed by atoms with E-state index in [9.17, 15) is 4.79 Å². The van der Waals surface area contributed by atoms with E-state index in [1.807, 2.05) is 11.9 Å². The minimum Gasteiger partial charge on any atom is -0.378 e. The van der Waals surface area contributed by atoms with Crippen LogP contribution >= 0.6 is 0 Å². The summed E-state index contributed by atoms with van der Waals surface area (Å²) in [5.41, 5.74) is 0. The van der Waals surface area contributed by atoms with Gasteiger partial charge in [0.15, 0.2) is 0 Å². The van der Waals surface area contributed by atoms with E-state index >= 15 is 0 Å². The first-order valence-corrected chi connectivity index (χ1v) is 6.36. The number of nitrogens with zero attached hydrogens (tertiary/aromatic N) is 1. The minimum absolute atomic E-state index is 0.183. The van der Waals surface area contributed by atoms with Gasteiger partial charge in [-0.15, -0.1) is 0 Å². The molecule has 0 radical (unpaired) electrons. The Morgan fingerprint density at radius 3 is 3.00 bits per heavy atom. The first-order chi connectivity index (χ1) is 7.79. The topological polar surface area (TPSA) is 41.6 Å².